The fraction of sp³-hybridized carbons (Fsp3) is 0.375. The molecule has 3 rings (SSSR count). The topological polar surface area (TPSA) is 15.3 Å². The molecule has 2 aromatic rings. The predicted molar refractivity (Wildman–Crippen MR) is 97.1 cm³/mol. The molecule has 1 heterocycles. The van der Waals surface area contributed by atoms with Gasteiger partial charge in [-0.05, 0) is 65.0 Å². The lowest BCUT2D eigenvalue weighted by atomic mass is 9.94. The number of nitrogens with one attached hydrogen (secondary N) is 1. The highest BCUT2D eigenvalue weighted by atomic mass is 79.9. The number of rotatable bonds is 3. The molecule has 0 fully saturated rings. The SMILES string of the molecule is CN(C)c1ccc(Cl)cc1NC1CCCc2sc(Br)cc21. The smallest absolute Gasteiger partial charge is 0.0705 e. The summed E-state index contributed by atoms with van der Waals surface area (Å²) in [7, 11) is 4.11. The average Bonchev–Trinajstić information content (AvgIpc) is 2.80. The molecule has 1 aliphatic rings. The van der Waals surface area contributed by atoms with Crippen LogP contribution in [0.4, 0.5) is 11.4 Å². The Kier molecular flexibility index (Phi) is 4.48. The fourth-order valence-corrected chi connectivity index (χ4v) is 4.86. The summed E-state index contributed by atoms with van der Waals surface area (Å²) in [6, 6.07) is 8.66. The van der Waals surface area contributed by atoms with Crippen LogP contribution >= 0.6 is 38.9 Å². The van der Waals surface area contributed by atoms with E-state index in [0.29, 0.717) is 6.04 Å². The fourth-order valence-electron chi connectivity index (χ4n) is 2.87. The van der Waals surface area contributed by atoms with E-state index in [-0.39, 0.29) is 0 Å². The van der Waals surface area contributed by atoms with E-state index in [1.165, 1.54) is 32.8 Å². The van der Waals surface area contributed by atoms with Crippen molar-refractivity contribution in [1.29, 1.82) is 0 Å². The first kappa shape index (κ1) is 15.2. The zero-order chi connectivity index (χ0) is 15.0. The Hall–Kier alpha value is -0.710. The standard InChI is InChI=1S/C16H18BrClN2S/c1-20(2)14-7-6-10(18)8-13(14)19-12-4-3-5-15-11(12)9-16(17)21-15/h6-9,12,19H,3-5H2,1-2H3. The van der Waals surface area contributed by atoms with Gasteiger partial charge in [-0.25, -0.2) is 0 Å². The van der Waals surface area contributed by atoms with Gasteiger partial charge in [-0.3, -0.25) is 0 Å². The first-order chi connectivity index (χ1) is 10.0. The van der Waals surface area contributed by atoms with E-state index >= 15 is 0 Å². The van der Waals surface area contributed by atoms with E-state index in [4.69, 9.17) is 11.6 Å². The van der Waals surface area contributed by atoms with Crippen molar-refractivity contribution in [3.05, 3.63) is 43.5 Å². The van der Waals surface area contributed by atoms with Crippen LogP contribution in [0.25, 0.3) is 0 Å². The minimum atomic E-state index is 0.369. The summed E-state index contributed by atoms with van der Waals surface area (Å²) in [6.45, 7) is 0. The number of nitrogens with zero attached hydrogens (tertiary/aromatic N) is 1. The molecule has 0 spiro atoms. The van der Waals surface area contributed by atoms with Crippen LogP contribution in [-0.4, -0.2) is 14.1 Å². The van der Waals surface area contributed by atoms with Crippen molar-refractivity contribution in [2.45, 2.75) is 25.3 Å². The van der Waals surface area contributed by atoms with E-state index in [9.17, 15) is 0 Å². The molecule has 21 heavy (non-hydrogen) atoms. The largest absolute Gasteiger partial charge is 0.376 e. The van der Waals surface area contributed by atoms with Crippen molar-refractivity contribution in [3.63, 3.8) is 0 Å². The number of benzene rings is 1. The molecule has 1 N–H and O–H groups in total. The number of thiophene rings is 1. The second-order valence-electron chi connectivity index (χ2n) is 5.57. The Balaban J connectivity index is 1.92. The van der Waals surface area contributed by atoms with Crippen molar-refractivity contribution in [1.82, 2.24) is 0 Å². The number of anilines is 2. The van der Waals surface area contributed by atoms with Gasteiger partial charge < -0.3 is 10.2 Å². The van der Waals surface area contributed by atoms with Gasteiger partial charge in [0.2, 0.25) is 0 Å². The molecule has 0 radical (unpaired) electrons. The lowest BCUT2D eigenvalue weighted by Gasteiger charge is -2.27. The zero-order valence-electron chi connectivity index (χ0n) is 12.1. The summed E-state index contributed by atoms with van der Waals surface area (Å²) in [6.07, 6.45) is 3.59. The molecule has 1 unspecified atom stereocenters. The van der Waals surface area contributed by atoms with Crippen LogP contribution < -0.4 is 10.2 Å². The average molecular weight is 386 g/mol. The number of aryl methyl sites for hydroxylation is 1. The number of hydrogen-bond acceptors (Lipinski definition) is 3. The van der Waals surface area contributed by atoms with Crippen LogP contribution in [0.5, 0.6) is 0 Å². The maximum atomic E-state index is 6.18. The molecule has 112 valence electrons. The molecular formula is C16H18BrClN2S. The van der Waals surface area contributed by atoms with Gasteiger partial charge in [-0.2, -0.15) is 0 Å². The highest BCUT2D eigenvalue weighted by Gasteiger charge is 2.23. The normalized spacial score (nSPS) is 17.4. The highest BCUT2D eigenvalue weighted by Crippen LogP contribution is 2.41. The summed E-state index contributed by atoms with van der Waals surface area (Å²) in [5.74, 6) is 0. The third-order valence-corrected chi connectivity index (χ3v) is 5.80. The maximum absolute atomic E-state index is 6.18. The molecule has 0 saturated carbocycles. The van der Waals surface area contributed by atoms with E-state index in [0.717, 1.165) is 17.1 Å². The molecule has 5 heteroatoms. The zero-order valence-corrected chi connectivity index (χ0v) is 15.3. The van der Waals surface area contributed by atoms with E-state index in [2.05, 4.69) is 52.4 Å². The monoisotopic (exact) mass is 384 g/mol. The third-order valence-electron chi connectivity index (χ3n) is 3.85. The Bertz CT molecular complexity index is 654. The Morgan fingerprint density at radius 1 is 1.33 bits per heavy atom. The maximum Gasteiger partial charge on any atom is 0.0705 e. The number of halogens is 2. The van der Waals surface area contributed by atoms with Gasteiger partial charge in [0.05, 0.1) is 21.2 Å². The van der Waals surface area contributed by atoms with E-state index in [1.54, 1.807) is 0 Å². The van der Waals surface area contributed by atoms with Crippen LogP contribution in [0, 0.1) is 0 Å². The van der Waals surface area contributed by atoms with Crippen molar-refractivity contribution in [2.75, 3.05) is 24.3 Å². The van der Waals surface area contributed by atoms with Crippen LogP contribution in [0.3, 0.4) is 0 Å². The lowest BCUT2D eigenvalue weighted by Crippen LogP contribution is -2.18. The van der Waals surface area contributed by atoms with Gasteiger partial charge >= 0.3 is 0 Å². The summed E-state index contributed by atoms with van der Waals surface area (Å²) in [4.78, 5) is 3.62. The highest BCUT2D eigenvalue weighted by molar-refractivity contribution is 9.11. The number of fused-ring (bicyclic) bond motifs is 1. The van der Waals surface area contributed by atoms with Crippen molar-refractivity contribution >= 4 is 50.2 Å². The van der Waals surface area contributed by atoms with Gasteiger partial charge in [0.25, 0.3) is 0 Å². The second-order valence-corrected chi connectivity index (χ2v) is 8.53. The van der Waals surface area contributed by atoms with E-state index in [1.807, 2.05) is 23.5 Å². The van der Waals surface area contributed by atoms with Gasteiger partial charge in [-0.1, -0.05) is 11.6 Å². The van der Waals surface area contributed by atoms with Crippen molar-refractivity contribution in [2.24, 2.45) is 0 Å². The van der Waals surface area contributed by atoms with Crippen molar-refractivity contribution < 1.29 is 0 Å². The predicted octanol–water partition coefficient (Wildman–Crippen LogP) is 5.72. The molecule has 0 aliphatic heterocycles. The van der Waals surface area contributed by atoms with Gasteiger partial charge in [-0.15, -0.1) is 11.3 Å². The molecule has 1 aromatic heterocycles. The molecule has 1 aromatic carbocycles. The van der Waals surface area contributed by atoms with Gasteiger partial charge in [0, 0.05) is 24.0 Å². The summed E-state index contributed by atoms with van der Waals surface area (Å²) >= 11 is 11.7. The van der Waals surface area contributed by atoms with Crippen molar-refractivity contribution in [3.8, 4) is 0 Å². The molecule has 0 saturated heterocycles. The Labute approximate surface area is 143 Å². The summed E-state index contributed by atoms with van der Waals surface area (Å²) in [5, 5.41) is 4.47. The quantitative estimate of drug-likeness (QED) is 0.727. The van der Waals surface area contributed by atoms with Crippen LogP contribution in [-0.2, 0) is 6.42 Å². The minimum Gasteiger partial charge on any atom is -0.376 e. The van der Waals surface area contributed by atoms with E-state index < -0.39 is 0 Å². The van der Waals surface area contributed by atoms with Crippen LogP contribution in [0.15, 0.2) is 28.1 Å². The second kappa shape index (κ2) is 6.19. The first-order valence-corrected chi connectivity index (χ1v) is 9.05. The molecule has 1 atom stereocenters. The molecule has 0 amide bonds. The summed E-state index contributed by atoms with van der Waals surface area (Å²) < 4.78 is 1.22. The van der Waals surface area contributed by atoms with Gasteiger partial charge in [0.15, 0.2) is 0 Å². The molecule has 2 nitrogen and oxygen atoms in total. The first-order valence-electron chi connectivity index (χ1n) is 7.06. The van der Waals surface area contributed by atoms with Crippen LogP contribution in [0.1, 0.15) is 29.3 Å². The number of hydrogen-bond donors (Lipinski definition) is 1. The third kappa shape index (κ3) is 3.22. The molecule has 0 bridgehead atoms. The Morgan fingerprint density at radius 2 is 2.14 bits per heavy atom. The van der Waals surface area contributed by atoms with Crippen LogP contribution in [0.2, 0.25) is 5.02 Å². The lowest BCUT2D eigenvalue weighted by molar-refractivity contribution is 0.609. The van der Waals surface area contributed by atoms with Gasteiger partial charge in [0.1, 0.15) is 0 Å². The summed E-state index contributed by atoms with van der Waals surface area (Å²) in [5.41, 5.74) is 3.70. The Morgan fingerprint density at radius 3 is 2.90 bits per heavy atom. The minimum absolute atomic E-state index is 0.369. The molecule has 1 aliphatic carbocycles. The molecular weight excluding hydrogens is 368 g/mol.